The summed E-state index contributed by atoms with van der Waals surface area (Å²) in [4.78, 5) is 9.02. The van der Waals surface area contributed by atoms with Gasteiger partial charge >= 0.3 is 0 Å². The third kappa shape index (κ3) is 5.50. The normalized spacial score (nSPS) is 18.2. The fourth-order valence-electron chi connectivity index (χ4n) is 2.25. The molecule has 1 aliphatic rings. The van der Waals surface area contributed by atoms with Crippen molar-refractivity contribution >= 4 is 5.82 Å². The van der Waals surface area contributed by atoms with Gasteiger partial charge in [0.25, 0.3) is 0 Å². The van der Waals surface area contributed by atoms with Gasteiger partial charge in [-0.1, -0.05) is 20.8 Å². The van der Waals surface area contributed by atoms with Crippen molar-refractivity contribution in [2.75, 3.05) is 25.1 Å². The lowest BCUT2D eigenvalue weighted by atomic mass is 10.2. The molecule has 0 bridgehead atoms. The topological polar surface area (TPSA) is 56.3 Å². The fourth-order valence-corrected chi connectivity index (χ4v) is 2.25. The van der Waals surface area contributed by atoms with Crippen LogP contribution < -0.4 is 10.1 Å². The van der Waals surface area contributed by atoms with E-state index in [1.165, 1.54) is 0 Å². The van der Waals surface area contributed by atoms with Crippen LogP contribution in [0.1, 0.15) is 45.9 Å². The minimum atomic E-state index is 0.301. The van der Waals surface area contributed by atoms with Gasteiger partial charge in [0.15, 0.2) is 0 Å². The average Bonchev–Trinajstić information content (AvgIpc) is 2.96. The Balaban J connectivity index is 1.99. The Kier molecular flexibility index (Phi) is 6.23. The maximum atomic E-state index is 5.74. The quantitative estimate of drug-likeness (QED) is 0.798. The number of anilines is 1. The molecular formula is C16H27N3O2. The van der Waals surface area contributed by atoms with E-state index >= 15 is 0 Å². The predicted molar refractivity (Wildman–Crippen MR) is 83.8 cm³/mol. The fraction of sp³-hybridized carbons (Fsp3) is 0.750. The Morgan fingerprint density at radius 2 is 2.29 bits per heavy atom. The minimum absolute atomic E-state index is 0.301. The number of nitrogens with one attached hydrogen (secondary N) is 1. The number of nitrogens with zero attached hydrogens (tertiary/aromatic N) is 2. The molecule has 2 rings (SSSR count). The van der Waals surface area contributed by atoms with Crippen molar-refractivity contribution in [3.05, 3.63) is 11.9 Å². The van der Waals surface area contributed by atoms with Crippen LogP contribution in [0.2, 0.25) is 0 Å². The first-order chi connectivity index (χ1) is 10.2. The first kappa shape index (κ1) is 16.0. The maximum Gasteiger partial charge on any atom is 0.218 e. The Labute approximate surface area is 127 Å². The van der Waals surface area contributed by atoms with E-state index < -0.39 is 0 Å². The van der Waals surface area contributed by atoms with Crippen molar-refractivity contribution in [1.29, 1.82) is 0 Å². The van der Waals surface area contributed by atoms with Gasteiger partial charge in [-0.05, 0) is 25.2 Å². The van der Waals surface area contributed by atoms with Crippen molar-refractivity contribution in [3.63, 3.8) is 0 Å². The molecule has 1 aromatic rings. The summed E-state index contributed by atoms with van der Waals surface area (Å²) in [6, 6.07) is 1.89. The molecular weight excluding hydrogens is 266 g/mol. The second kappa shape index (κ2) is 8.17. The number of aromatic nitrogens is 2. The van der Waals surface area contributed by atoms with Crippen molar-refractivity contribution in [3.8, 4) is 5.88 Å². The molecule has 0 spiro atoms. The molecule has 1 aromatic heterocycles. The summed E-state index contributed by atoms with van der Waals surface area (Å²) in [5, 5.41) is 3.36. The highest BCUT2D eigenvalue weighted by molar-refractivity contribution is 5.38. The van der Waals surface area contributed by atoms with E-state index in [9.17, 15) is 0 Å². The van der Waals surface area contributed by atoms with Gasteiger partial charge in [0, 0.05) is 25.6 Å². The molecule has 1 saturated heterocycles. The molecule has 1 N–H and O–H groups in total. The molecule has 0 amide bonds. The van der Waals surface area contributed by atoms with Crippen LogP contribution in [0.5, 0.6) is 5.88 Å². The summed E-state index contributed by atoms with van der Waals surface area (Å²) < 4.78 is 11.4. The number of aryl methyl sites for hydroxylation is 1. The van der Waals surface area contributed by atoms with Crippen LogP contribution in [0, 0.1) is 5.92 Å². The SMILES string of the molecule is CCCc1nc(NCC2CCCO2)cc(OCC(C)C)n1. The van der Waals surface area contributed by atoms with E-state index in [0.29, 0.717) is 24.5 Å². The Bertz CT molecular complexity index is 432. The van der Waals surface area contributed by atoms with Gasteiger partial charge in [-0.15, -0.1) is 0 Å². The Morgan fingerprint density at radius 3 is 2.95 bits per heavy atom. The predicted octanol–water partition coefficient (Wildman–Crippen LogP) is 3.05. The lowest BCUT2D eigenvalue weighted by Gasteiger charge is -2.14. The lowest BCUT2D eigenvalue weighted by Crippen LogP contribution is -2.19. The zero-order chi connectivity index (χ0) is 15.1. The van der Waals surface area contributed by atoms with Gasteiger partial charge in [-0.25, -0.2) is 4.98 Å². The first-order valence-electron chi connectivity index (χ1n) is 8.03. The molecule has 21 heavy (non-hydrogen) atoms. The zero-order valence-electron chi connectivity index (χ0n) is 13.4. The highest BCUT2D eigenvalue weighted by Crippen LogP contribution is 2.17. The number of rotatable bonds is 8. The molecule has 5 nitrogen and oxygen atoms in total. The summed E-state index contributed by atoms with van der Waals surface area (Å²) in [6.45, 7) is 8.74. The third-order valence-electron chi connectivity index (χ3n) is 3.32. The summed E-state index contributed by atoms with van der Waals surface area (Å²) in [5.41, 5.74) is 0. The second-order valence-corrected chi connectivity index (χ2v) is 5.98. The highest BCUT2D eigenvalue weighted by atomic mass is 16.5. The average molecular weight is 293 g/mol. The van der Waals surface area contributed by atoms with Gasteiger partial charge in [-0.3, -0.25) is 0 Å². The summed E-state index contributed by atoms with van der Waals surface area (Å²) in [7, 11) is 0. The molecule has 0 radical (unpaired) electrons. The Hall–Kier alpha value is -1.36. The smallest absolute Gasteiger partial charge is 0.218 e. The number of hydrogen-bond acceptors (Lipinski definition) is 5. The molecule has 0 saturated carbocycles. The van der Waals surface area contributed by atoms with Gasteiger partial charge < -0.3 is 14.8 Å². The van der Waals surface area contributed by atoms with Crippen molar-refractivity contribution in [1.82, 2.24) is 9.97 Å². The van der Waals surface area contributed by atoms with E-state index in [0.717, 1.165) is 50.5 Å². The monoisotopic (exact) mass is 293 g/mol. The largest absolute Gasteiger partial charge is 0.477 e. The second-order valence-electron chi connectivity index (χ2n) is 5.98. The van der Waals surface area contributed by atoms with Gasteiger partial charge in [0.1, 0.15) is 11.6 Å². The van der Waals surface area contributed by atoms with E-state index in [-0.39, 0.29) is 0 Å². The van der Waals surface area contributed by atoms with Crippen LogP contribution in [0.25, 0.3) is 0 Å². The van der Waals surface area contributed by atoms with Crippen molar-refractivity contribution < 1.29 is 9.47 Å². The van der Waals surface area contributed by atoms with Crippen LogP contribution in [0.4, 0.5) is 5.82 Å². The van der Waals surface area contributed by atoms with Crippen molar-refractivity contribution in [2.24, 2.45) is 5.92 Å². The third-order valence-corrected chi connectivity index (χ3v) is 3.32. The van der Waals surface area contributed by atoms with Gasteiger partial charge in [0.2, 0.25) is 5.88 Å². The zero-order valence-corrected chi connectivity index (χ0v) is 13.4. The summed E-state index contributed by atoms with van der Waals surface area (Å²) in [6.07, 6.45) is 4.47. The van der Waals surface area contributed by atoms with E-state index in [2.05, 4.69) is 36.1 Å². The number of ether oxygens (including phenoxy) is 2. The Morgan fingerprint density at radius 1 is 1.43 bits per heavy atom. The van der Waals surface area contributed by atoms with Gasteiger partial charge in [-0.2, -0.15) is 4.98 Å². The van der Waals surface area contributed by atoms with Crippen LogP contribution in [-0.4, -0.2) is 35.8 Å². The van der Waals surface area contributed by atoms with Crippen LogP contribution in [0.3, 0.4) is 0 Å². The molecule has 5 heteroatoms. The van der Waals surface area contributed by atoms with Gasteiger partial charge in [0.05, 0.1) is 12.7 Å². The maximum absolute atomic E-state index is 5.74. The van der Waals surface area contributed by atoms with E-state index in [1.54, 1.807) is 0 Å². The highest BCUT2D eigenvalue weighted by Gasteiger charge is 2.15. The molecule has 1 fully saturated rings. The summed E-state index contributed by atoms with van der Waals surface area (Å²) in [5.74, 6) is 2.83. The van der Waals surface area contributed by atoms with Crippen LogP contribution in [0.15, 0.2) is 6.07 Å². The standard InChI is InChI=1S/C16H27N3O2/c1-4-6-14-18-15(17-10-13-7-5-8-20-13)9-16(19-14)21-11-12(2)3/h9,12-13H,4-8,10-11H2,1-3H3,(H,17,18,19). The molecule has 1 unspecified atom stereocenters. The number of hydrogen-bond donors (Lipinski definition) is 1. The van der Waals surface area contributed by atoms with Crippen LogP contribution >= 0.6 is 0 Å². The van der Waals surface area contributed by atoms with Crippen LogP contribution in [-0.2, 0) is 11.2 Å². The van der Waals surface area contributed by atoms with E-state index in [1.807, 2.05) is 6.07 Å². The minimum Gasteiger partial charge on any atom is -0.477 e. The molecule has 0 aliphatic carbocycles. The van der Waals surface area contributed by atoms with E-state index in [4.69, 9.17) is 9.47 Å². The molecule has 1 aliphatic heterocycles. The molecule has 1 atom stereocenters. The summed E-state index contributed by atoms with van der Waals surface area (Å²) >= 11 is 0. The molecule has 2 heterocycles. The molecule has 0 aromatic carbocycles. The first-order valence-corrected chi connectivity index (χ1v) is 8.03. The van der Waals surface area contributed by atoms with Crippen molar-refractivity contribution in [2.45, 2.75) is 52.6 Å². The lowest BCUT2D eigenvalue weighted by molar-refractivity contribution is 0.120. The molecule has 118 valence electrons.